The minimum Gasteiger partial charge on any atom is -0.493 e. The van der Waals surface area contributed by atoms with E-state index in [9.17, 15) is 29.0 Å². The fourth-order valence-corrected chi connectivity index (χ4v) is 6.50. The summed E-state index contributed by atoms with van der Waals surface area (Å²) in [5, 5.41) is 23.8. The van der Waals surface area contributed by atoms with Crippen LogP contribution in [0.4, 0.5) is 4.39 Å². The second-order valence-electron chi connectivity index (χ2n) is 11.9. The first kappa shape index (κ1) is 38.4. The van der Waals surface area contributed by atoms with Gasteiger partial charge in [0.05, 0.1) is 23.3 Å². The van der Waals surface area contributed by atoms with E-state index >= 15 is 0 Å². The molecule has 0 aromatic heterocycles. The third kappa shape index (κ3) is 11.9. The molecule has 3 N–H and O–H groups in total. The summed E-state index contributed by atoms with van der Waals surface area (Å²) in [7, 11) is 1.44. The van der Waals surface area contributed by atoms with Crippen molar-refractivity contribution >= 4 is 40.7 Å². The maximum absolute atomic E-state index is 13.9. The molecule has 3 atom stereocenters. The number of carbonyl (C=O) groups excluding carboxylic acids is 3. The first-order chi connectivity index (χ1) is 22.7. The maximum Gasteiger partial charge on any atom is 0.247 e. The molecule has 9 nitrogen and oxygen atoms in total. The Hall–Kier alpha value is -3.03. The number of benzene rings is 2. The Morgan fingerprint density at radius 2 is 1.72 bits per heavy atom. The Balaban J connectivity index is 1.87. The summed E-state index contributed by atoms with van der Waals surface area (Å²) in [6.45, 7) is 2.08. The molecule has 2 amide bonds. The Morgan fingerprint density at radius 1 is 1.06 bits per heavy atom. The van der Waals surface area contributed by atoms with Gasteiger partial charge in [0.1, 0.15) is 24.3 Å². The van der Waals surface area contributed by atoms with Gasteiger partial charge in [0, 0.05) is 37.1 Å². The quantitative estimate of drug-likeness (QED) is 0.0844. The van der Waals surface area contributed by atoms with Gasteiger partial charge in [0.25, 0.3) is 0 Å². The van der Waals surface area contributed by atoms with Crippen molar-refractivity contribution in [3.63, 3.8) is 0 Å². The van der Waals surface area contributed by atoms with E-state index in [1.807, 2.05) is 22.6 Å². The summed E-state index contributed by atoms with van der Waals surface area (Å²) < 4.78 is 26.1. The number of hydrogen-bond acceptors (Lipinski definition) is 7. The monoisotopic (exact) mass is 766 g/mol. The number of rotatable bonds is 20. The Labute approximate surface area is 291 Å². The lowest BCUT2D eigenvalue weighted by Crippen LogP contribution is -2.54. The fraction of sp³-hybridized carbons (Fsp3) is 0.528. The molecule has 1 aliphatic rings. The van der Waals surface area contributed by atoms with Crippen molar-refractivity contribution in [2.45, 2.75) is 102 Å². The third-order valence-electron chi connectivity index (χ3n) is 8.34. The number of nitrogens with one attached hydrogen (secondary N) is 1. The van der Waals surface area contributed by atoms with E-state index in [-0.39, 0.29) is 55.5 Å². The molecule has 0 saturated carbocycles. The zero-order valence-corrected chi connectivity index (χ0v) is 29.5. The summed E-state index contributed by atoms with van der Waals surface area (Å²) in [4.78, 5) is 40.1. The van der Waals surface area contributed by atoms with Gasteiger partial charge in [-0.05, 0) is 64.9 Å². The van der Waals surface area contributed by atoms with Crippen LogP contribution in [-0.4, -0.2) is 71.7 Å². The largest absolute Gasteiger partial charge is 0.493 e. The molecule has 0 fully saturated rings. The highest BCUT2D eigenvalue weighted by Crippen LogP contribution is 2.37. The number of amides is 2. The van der Waals surface area contributed by atoms with Crippen LogP contribution in [-0.2, 0) is 16.1 Å². The van der Waals surface area contributed by atoms with Gasteiger partial charge in [0.15, 0.2) is 11.5 Å². The first-order valence-corrected chi connectivity index (χ1v) is 17.6. The smallest absolute Gasteiger partial charge is 0.247 e. The molecule has 258 valence electrons. The van der Waals surface area contributed by atoms with Crippen LogP contribution in [0.1, 0.15) is 93.5 Å². The average Bonchev–Trinajstić information content (AvgIpc) is 3.07. The Bertz CT molecular complexity index is 1340. The summed E-state index contributed by atoms with van der Waals surface area (Å²) in [6, 6.07) is 8.14. The van der Waals surface area contributed by atoms with Crippen LogP contribution >= 0.6 is 22.6 Å². The number of methoxy groups -OCH3 is 1. The zero-order valence-electron chi connectivity index (χ0n) is 27.4. The van der Waals surface area contributed by atoms with Crippen LogP contribution in [0.3, 0.4) is 0 Å². The topological polar surface area (TPSA) is 125 Å². The van der Waals surface area contributed by atoms with E-state index in [1.165, 1.54) is 63.5 Å². The average molecular weight is 767 g/mol. The van der Waals surface area contributed by atoms with Crippen molar-refractivity contribution in [2.75, 3.05) is 20.3 Å². The second kappa shape index (κ2) is 20.4. The van der Waals surface area contributed by atoms with Crippen molar-refractivity contribution < 1.29 is 38.5 Å². The van der Waals surface area contributed by atoms with Gasteiger partial charge in [-0.3, -0.25) is 14.4 Å². The van der Waals surface area contributed by atoms with Gasteiger partial charge in [-0.1, -0.05) is 70.4 Å². The van der Waals surface area contributed by atoms with Gasteiger partial charge in [-0.15, -0.1) is 0 Å². The van der Waals surface area contributed by atoms with Gasteiger partial charge < -0.3 is 29.9 Å². The van der Waals surface area contributed by atoms with Crippen LogP contribution in [0.15, 0.2) is 48.0 Å². The van der Waals surface area contributed by atoms with E-state index in [4.69, 9.17) is 9.47 Å². The number of aliphatic hydroxyl groups is 2. The van der Waals surface area contributed by atoms with Crippen molar-refractivity contribution in [2.24, 2.45) is 0 Å². The predicted molar refractivity (Wildman–Crippen MR) is 187 cm³/mol. The third-order valence-corrected chi connectivity index (χ3v) is 9.14. The van der Waals surface area contributed by atoms with E-state index in [1.54, 1.807) is 23.1 Å². The van der Waals surface area contributed by atoms with Gasteiger partial charge in [0.2, 0.25) is 11.8 Å². The lowest BCUT2D eigenvalue weighted by Gasteiger charge is -2.41. The number of ether oxygens (including phenoxy) is 2. The molecular weight excluding hydrogens is 718 g/mol. The van der Waals surface area contributed by atoms with Crippen LogP contribution in [0.25, 0.3) is 0 Å². The highest BCUT2D eigenvalue weighted by Gasteiger charge is 2.41. The fourth-order valence-electron chi connectivity index (χ4n) is 5.75. The Kier molecular flexibility index (Phi) is 16.6. The van der Waals surface area contributed by atoms with Crippen LogP contribution in [0.5, 0.6) is 11.5 Å². The molecular formula is C36H48FIN2O7. The molecule has 0 radical (unpaired) electrons. The van der Waals surface area contributed by atoms with Gasteiger partial charge in [-0.25, -0.2) is 4.39 Å². The molecule has 0 spiro atoms. The molecule has 2 aromatic rings. The molecule has 3 rings (SSSR count). The lowest BCUT2D eigenvalue weighted by atomic mass is 9.87. The number of aldehydes is 1. The summed E-state index contributed by atoms with van der Waals surface area (Å²) in [6.07, 6.45) is 10.1. The molecule has 11 heteroatoms. The maximum atomic E-state index is 13.9. The summed E-state index contributed by atoms with van der Waals surface area (Å²) >= 11 is 2.01. The normalized spacial score (nSPS) is 17.5. The number of nitrogens with zero attached hydrogens (tertiary/aromatic N) is 1. The van der Waals surface area contributed by atoms with Crippen LogP contribution < -0.4 is 14.8 Å². The SMILES string of the molecule is CCCCCCCCCCCC(=O)N(Cc1ccc(F)cc1)[C@@H]1CC(C(=O)NCCO)=C[C@H](Oc2c(I)cc(C=O)cc2OC)[C@H]1O. The van der Waals surface area contributed by atoms with Crippen molar-refractivity contribution in [3.8, 4) is 11.5 Å². The van der Waals surface area contributed by atoms with Crippen molar-refractivity contribution in [1.29, 1.82) is 0 Å². The molecule has 0 bridgehead atoms. The van der Waals surface area contributed by atoms with Crippen LogP contribution in [0.2, 0.25) is 0 Å². The van der Waals surface area contributed by atoms with E-state index in [0.29, 0.717) is 27.4 Å². The molecule has 0 saturated heterocycles. The summed E-state index contributed by atoms with van der Waals surface area (Å²) in [5.41, 5.74) is 1.35. The zero-order chi connectivity index (χ0) is 34.2. The van der Waals surface area contributed by atoms with E-state index in [0.717, 1.165) is 19.3 Å². The second-order valence-corrected chi connectivity index (χ2v) is 13.1. The van der Waals surface area contributed by atoms with E-state index in [2.05, 4.69) is 12.2 Å². The predicted octanol–water partition coefficient (Wildman–Crippen LogP) is 6.12. The number of carbonyl (C=O) groups is 3. The highest BCUT2D eigenvalue weighted by atomic mass is 127. The molecule has 2 aromatic carbocycles. The van der Waals surface area contributed by atoms with Gasteiger partial charge in [-0.2, -0.15) is 0 Å². The number of halogens is 2. The molecule has 1 aliphatic carbocycles. The molecule has 0 unspecified atom stereocenters. The lowest BCUT2D eigenvalue weighted by molar-refractivity contribution is -0.139. The van der Waals surface area contributed by atoms with Crippen LogP contribution in [0, 0.1) is 9.39 Å². The molecule has 0 heterocycles. The molecule has 0 aliphatic heterocycles. The minimum atomic E-state index is -1.25. The number of hydrogen-bond donors (Lipinski definition) is 3. The van der Waals surface area contributed by atoms with Crippen molar-refractivity contribution in [3.05, 3.63) is 68.6 Å². The van der Waals surface area contributed by atoms with E-state index < -0.39 is 30.0 Å². The standard InChI is InChI=1S/C36H48FIN2O7/c1-3-4-5-6-7-8-9-10-11-12-33(43)40(23-25-13-15-28(37)16-14-25)30-21-27(36(45)39-17-18-41)22-31(34(30)44)47-35-29(38)19-26(24-42)20-32(35)46-2/h13-16,19-20,22,24,30-31,34,41,44H,3-12,17-18,21,23H2,1-2H3,(H,39,45)/t30-,31+,34+/m1/s1. The highest BCUT2D eigenvalue weighted by molar-refractivity contribution is 14.1. The van der Waals surface area contributed by atoms with Gasteiger partial charge >= 0.3 is 0 Å². The Morgan fingerprint density at radius 3 is 2.34 bits per heavy atom. The summed E-state index contributed by atoms with van der Waals surface area (Å²) in [5.74, 6) is -0.476. The molecule has 47 heavy (non-hydrogen) atoms. The van der Waals surface area contributed by atoms with Crippen molar-refractivity contribution in [1.82, 2.24) is 10.2 Å². The number of aliphatic hydroxyl groups excluding tert-OH is 2. The number of unbranched alkanes of at least 4 members (excludes halogenated alkanes) is 8. The minimum absolute atomic E-state index is 0.0324. The first-order valence-electron chi connectivity index (χ1n) is 16.5.